The van der Waals surface area contributed by atoms with Gasteiger partial charge < -0.3 is 9.30 Å². The minimum Gasteiger partial charge on any atom is -0.379 e. The van der Waals surface area contributed by atoms with Crippen LogP contribution >= 0.6 is 11.6 Å². The molecule has 2 aromatic carbocycles. The molecule has 0 amide bonds. The molecule has 5 heteroatoms. The fourth-order valence-corrected chi connectivity index (χ4v) is 2.67. The zero-order valence-corrected chi connectivity index (χ0v) is 13.5. The number of halogens is 1. The number of aromatic nitrogens is 2. The van der Waals surface area contributed by atoms with Gasteiger partial charge in [0.25, 0.3) is 0 Å². The second kappa shape index (κ2) is 6.94. The Bertz CT molecular complexity index is 811. The number of hydrogen-bond acceptors (Lipinski definition) is 3. The molecule has 0 spiro atoms. The molecule has 0 aliphatic rings. The van der Waals surface area contributed by atoms with Crippen molar-refractivity contribution >= 4 is 28.4 Å². The minimum atomic E-state index is -0.455. The molecule has 1 unspecified atom stereocenters. The lowest BCUT2D eigenvalue weighted by atomic mass is 10.0. The van der Waals surface area contributed by atoms with Crippen molar-refractivity contribution < 1.29 is 9.53 Å². The number of fused-ring (bicyclic) bond motifs is 1. The van der Waals surface area contributed by atoms with Gasteiger partial charge in [-0.15, -0.1) is 0 Å². The molecule has 0 saturated heterocycles. The van der Waals surface area contributed by atoms with Crippen LogP contribution in [0.2, 0.25) is 5.02 Å². The van der Waals surface area contributed by atoms with Gasteiger partial charge in [0.05, 0.1) is 24.0 Å². The first kappa shape index (κ1) is 15.7. The second-order valence-electron chi connectivity index (χ2n) is 5.19. The molecule has 0 aliphatic heterocycles. The smallest absolute Gasteiger partial charge is 0.188 e. The quantitative estimate of drug-likeness (QED) is 0.638. The van der Waals surface area contributed by atoms with Crippen LogP contribution in [-0.4, -0.2) is 28.5 Å². The van der Waals surface area contributed by atoms with Gasteiger partial charge in [0.2, 0.25) is 0 Å². The zero-order chi connectivity index (χ0) is 16.2. The summed E-state index contributed by atoms with van der Waals surface area (Å²) < 4.78 is 7.42. The number of para-hydroxylation sites is 2. The summed E-state index contributed by atoms with van der Waals surface area (Å²) in [6.45, 7) is 2.77. The summed E-state index contributed by atoms with van der Waals surface area (Å²) in [6.07, 6.45) is 1.70. The fraction of sp³-hybridized carbons (Fsp3) is 0.222. The SMILES string of the molecule is CCOCC(C(=O)c1ccc(Cl)cc1)n1cnc2ccccc21. The van der Waals surface area contributed by atoms with Crippen LogP contribution in [0.15, 0.2) is 54.9 Å². The van der Waals surface area contributed by atoms with Crippen LogP contribution in [0, 0.1) is 0 Å². The molecule has 0 bridgehead atoms. The van der Waals surface area contributed by atoms with Crippen molar-refractivity contribution in [2.75, 3.05) is 13.2 Å². The Morgan fingerprint density at radius 3 is 2.70 bits per heavy atom. The van der Waals surface area contributed by atoms with Crippen LogP contribution < -0.4 is 0 Å². The van der Waals surface area contributed by atoms with Crippen molar-refractivity contribution in [3.63, 3.8) is 0 Å². The molecule has 1 atom stereocenters. The van der Waals surface area contributed by atoms with Crippen molar-refractivity contribution in [2.24, 2.45) is 0 Å². The maximum absolute atomic E-state index is 12.9. The van der Waals surface area contributed by atoms with Gasteiger partial charge >= 0.3 is 0 Å². The van der Waals surface area contributed by atoms with Gasteiger partial charge in [-0.3, -0.25) is 4.79 Å². The first-order valence-electron chi connectivity index (χ1n) is 7.50. The van der Waals surface area contributed by atoms with Gasteiger partial charge in [0.15, 0.2) is 5.78 Å². The minimum absolute atomic E-state index is 0.0155. The Kier molecular flexibility index (Phi) is 4.74. The van der Waals surface area contributed by atoms with E-state index in [0.29, 0.717) is 23.8 Å². The van der Waals surface area contributed by atoms with E-state index in [2.05, 4.69) is 4.98 Å². The average molecular weight is 329 g/mol. The summed E-state index contributed by atoms with van der Waals surface area (Å²) in [5.74, 6) is -0.0155. The number of carbonyl (C=O) groups excluding carboxylic acids is 1. The zero-order valence-electron chi connectivity index (χ0n) is 12.8. The van der Waals surface area contributed by atoms with E-state index in [0.717, 1.165) is 11.0 Å². The molecule has 0 N–H and O–H groups in total. The standard InChI is InChI=1S/C18H17ClN2O2/c1-2-23-11-17(18(22)13-7-9-14(19)10-8-13)21-12-20-15-5-3-4-6-16(15)21/h3-10,12,17H,2,11H2,1H3. The van der Waals surface area contributed by atoms with Crippen molar-refractivity contribution in [2.45, 2.75) is 13.0 Å². The molecular formula is C18H17ClN2O2. The topological polar surface area (TPSA) is 44.1 Å². The van der Waals surface area contributed by atoms with Crippen LogP contribution in [0.4, 0.5) is 0 Å². The molecule has 0 aliphatic carbocycles. The monoisotopic (exact) mass is 328 g/mol. The Morgan fingerprint density at radius 2 is 1.96 bits per heavy atom. The number of Topliss-reactive ketones (excluding diaryl/α,β-unsaturated/α-hetero) is 1. The van der Waals surface area contributed by atoms with Gasteiger partial charge in [-0.2, -0.15) is 0 Å². The average Bonchev–Trinajstić information content (AvgIpc) is 3.00. The van der Waals surface area contributed by atoms with E-state index in [1.54, 1.807) is 30.6 Å². The third kappa shape index (κ3) is 3.28. The van der Waals surface area contributed by atoms with Gasteiger partial charge in [-0.05, 0) is 43.3 Å². The highest BCUT2D eigenvalue weighted by Gasteiger charge is 2.23. The van der Waals surface area contributed by atoms with Crippen molar-refractivity contribution in [3.05, 3.63) is 65.4 Å². The number of benzene rings is 2. The van der Waals surface area contributed by atoms with Crippen LogP contribution in [0.25, 0.3) is 11.0 Å². The maximum atomic E-state index is 12.9. The van der Waals surface area contributed by atoms with Gasteiger partial charge in [-0.1, -0.05) is 23.7 Å². The molecule has 1 heterocycles. The van der Waals surface area contributed by atoms with Crippen LogP contribution in [0.3, 0.4) is 0 Å². The van der Waals surface area contributed by atoms with E-state index >= 15 is 0 Å². The Labute approximate surface area is 139 Å². The van der Waals surface area contributed by atoms with Crippen LogP contribution in [0.5, 0.6) is 0 Å². The number of imidazole rings is 1. The number of hydrogen-bond donors (Lipinski definition) is 0. The number of ketones is 1. The summed E-state index contributed by atoms with van der Waals surface area (Å²) in [5, 5.41) is 0.607. The summed E-state index contributed by atoms with van der Waals surface area (Å²) in [6, 6.07) is 14.2. The highest BCUT2D eigenvalue weighted by Crippen LogP contribution is 2.22. The lowest BCUT2D eigenvalue weighted by molar-refractivity contribution is 0.0756. The molecule has 4 nitrogen and oxygen atoms in total. The Balaban J connectivity index is 2.00. The van der Waals surface area contributed by atoms with E-state index in [1.165, 1.54) is 0 Å². The molecule has 23 heavy (non-hydrogen) atoms. The van der Waals surface area contributed by atoms with Crippen LogP contribution in [-0.2, 0) is 4.74 Å². The summed E-state index contributed by atoms with van der Waals surface area (Å²) in [7, 11) is 0. The lowest BCUT2D eigenvalue weighted by Crippen LogP contribution is -2.24. The molecule has 1 aromatic heterocycles. The summed E-state index contributed by atoms with van der Waals surface area (Å²) >= 11 is 5.91. The molecule has 0 radical (unpaired) electrons. The van der Waals surface area contributed by atoms with E-state index < -0.39 is 6.04 Å². The predicted molar refractivity (Wildman–Crippen MR) is 91.0 cm³/mol. The number of rotatable bonds is 6. The third-order valence-corrected chi connectivity index (χ3v) is 3.98. The molecule has 118 valence electrons. The van der Waals surface area contributed by atoms with E-state index in [1.807, 2.05) is 35.8 Å². The normalized spacial score (nSPS) is 12.4. The lowest BCUT2D eigenvalue weighted by Gasteiger charge is -2.18. The van der Waals surface area contributed by atoms with E-state index in [4.69, 9.17) is 16.3 Å². The summed E-state index contributed by atoms with van der Waals surface area (Å²) in [4.78, 5) is 17.3. The van der Waals surface area contributed by atoms with E-state index in [9.17, 15) is 4.79 Å². The number of ether oxygens (including phenoxy) is 1. The highest BCUT2D eigenvalue weighted by atomic mass is 35.5. The summed E-state index contributed by atoms with van der Waals surface area (Å²) in [5.41, 5.74) is 2.38. The van der Waals surface area contributed by atoms with Gasteiger partial charge in [-0.25, -0.2) is 4.98 Å². The number of nitrogens with zero attached hydrogens (tertiary/aromatic N) is 2. The maximum Gasteiger partial charge on any atom is 0.188 e. The van der Waals surface area contributed by atoms with Crippen molar-refractivity contribution in [1.29, 1.82) is 0 Å². The van der Waals surface area contributed by atoms with Crippen molar-refractivity contribution in [3.8, 4) is 0 Å². The molecule has 3 rings (SSSR count). The first-order valence-corrected chi connectivity index (χ1v) is 7.87. The first-order chi connectivity index (χ1) is 11.2. The second-order valence-corrected chi connectivity index (χ2v) is 5.62. The predicted octanol–water partition coefficient (Wildman–Crippen LogP) is 4.15. The third-order valence-electron chi connectivity index (χ3n) is 3.73. The molecule has 3 aromatic rings. The van der Waals surface area contributed by atoms with Gasteiger partial charge in [0, 0.05) is 17.2 Å². The number of carbonyl (C=O) groups is 1. The largest absolute Gasteiger partial charge is 0.379 e. The highest BCUT2D eigenvalue weighted by molar-refractivity contribution is 6.30. The molecule has 0 fully saturated rings. The Morgan fingerprint density at radius 1 is 1.22 bits per heavy atom. The molecular weight excluding hydrogens is 312 g/mol. The van der Waals surface area contributed by atoms with Gasteiger partial charge in [0.1, 0.15) is 6.04 Å². The molecule has 0 saturated carbocycles. The fourth-order valence-electron chi connectivity index (χ4n) is 2.54. The van der Waals surface area contributed by atoms with Crippen molar-refractivity contribution in [1.82, 2.24) is 9.55 Å². The van der Waals surface area contributed by atoms with Crippen LogP contribution in [0.1, 0.15) is 23.3 Å². The Hall–Kier alpha value is -2.17. The van der Waals surface area contributed by atoms with E-state index in [-0.39, 0.29) is 5.78 Å².